The van der Waals surface area contributed by atoms with Gasteiger partial charge in [-0.25, -0.2) is 4.79 Å². The Hall–Kier alpha value is -1.89. The minimum Gasteiger partial charge on any atom is -0.480 e. The van der Waals surface area contributed by atoms with Crippen LogP contribution in [0.5, 0.6) is 0 Å². The van der Waals surface area contributed by atoms with Crippen LogP contribution in [0.2, 0.25) is 0 Å². The van der Waals surface area contributed by atoms with Crippen molar-refractivity contribution >= 4 is 39.4 Å². The second-order valence-corrected chi connectivity index (χ2v) is 6.72. The summed E-state index contributed by atoms with van der Waals surface area (Å²) in [4.78, 5) is 36.9. The van der Waals surface area contributed by atoms with E-state index in [4.69, 9.17) is 5.11 Å². The Morgan fingerprint density at radius 1 is 1.41 bits per heavy atom. The number of aliphatic carboxylic acids is 1. The van der Waals surface area contributed by atoms with Crippen LogP contribution in [-0.2, 0) is 14.4 Å². The lowest BCUT2D eigenvalue weighted by molar-refractivity contribution is -0.146. The zero-order chi connectivity index (χ0) is 16.5. The van der Waals surface area contributed by atoms with Gasteiger partial charge in [-0.05, 0) is 32.0 Å². The zero-order valence-corrected chi connectivity index (χ0v) is 13.9. The normalized spacial score (nSPS) is 18.4. The van der Waals surface area contributed by atoms with E-state index < -0.39 is 23.3 Å². The molecule has 1 unspecified atom stereocenters. The van der Waals surface area contributed by atoms with E-state index in [9.17, 15) is 14.4 Å². The standard InChI is InChI=1S/C15H17BrN2O4/c1-15(2,14(21)22)17-13(20)9-6-12(19)18(8-9)11-5-3-4-10(16)7-11/h3-5,7,9H,6,8H2,1-2H3,(H,17,20)(H,21,22). The predicted octanol–water partition coefficient (Wildman–Crippen LogP) is 1.78. The minimum atomic E-state index is -1.36. The first-order valence-electron chi connectivity index (χ1n) is 6.82. The SMILES string of the molecule is CC(C)(NC(=O)C1CC(=O)N(c2cccc(Br)c2)C1)C(=O)O. The van der Waals surface area contributed by atoms with Gasteiger partial charge in [-0.1, -0.05) is 22.0 Å². The van der Waals surface area contributed by atoms with Gasteiger partial charge in [-0.3, -0.25) is 9.59 Å². The van der Waals surface area contributed by atoms with Crippen LogP contribution in [0.25, 0.3) is 0 Å². The second-order valence-electron chi connectivity index (χ2n) is 5.80. The zero-order valence-electron chi connectivity index (χ0n) is 12.3. The molecule has 1 atom stereocenters. The Kier molecular flexibility index (Phi) is 4.55. The first-order chi connectivity index (χ1) is 10.2. The first kappa shape index (κ1) is 16.5. The third-order valence-corrected chi connectivity index (χ3v) is 4.08. The number of rotatable bonds is 4. The highest BCUT2D eigenvalue weighted by Gasteiger charge is 2.38. The quantitative estimate of drug-likeness (QED) is 0.847. The Bertz CT molecular complexity index is 630. The molecule has 2 rings (SSSR count). The van der Waals surface area contributed by atoms with Crippen molar-refractivity contribution in [3.05, 3.63) is 28.7 Å². The molecule has 0 aromatic heterocycles. The van der Waals surface area contributed by atoms with E-state index in [2.05, 4.69) is 21.2 Å². The van der Waals surface area contributed by atoms with Gasteiger partial charge >= 0.3 is 5.97 Å². The molecule has 6 nitrogen and oxygen atoms in total. The fourth-order valence-corrected chi connectivity index (χ4v) is 2.63. The van der Waals surface area contributed by atoms with Crippen molar-refractivity contribution in [2.75, 3.05) is 11.4 Å². The number of benzene rings is 1. The highest BCUT2D eigenvalue weighted by molar-refractivity contribution is 9.10. The molecular weight excluding hydrogens is 352 g/mol. The van der Waals surface area contributed by atoms with Crippen LogP contribution in [0, 0.1) is 5.92 Å². The molecule has 0 saturated carbocycles. The van der Waals surface area contributed by atoms with Crippen molar-refractivity contribution in [1.29, 1.82) is 0 Å². The summed E-state index contributed by atoms with van der Waals surface area (Å²) >= 11 is 3.35. The average molecular weight is 369 g/mol. The molecule has 1 saturated heterocycles. The van der Waals surface area contributed by atoms with Gasteiger partial charge in [-0.2, -0.15) is 0 Å². The van der Waals surface area contributed by atoms with E-state index in [1.165, 1.54) is 13.8 Å². The molecular formula is C15H17BrN2O4. The highest BCUT2D eigenvalue weighted by atomic mass is 79.9. The fraction of sp³-hybridized carbons (Fsp3) is 0.400. The first-order valence-corrected chi connectivity index (χ1v) is 7.61. The molecule has 118 valence electrons. The Labute approximate surface area is 136 Å². The molecule has 0 aliphatic carbocycles. The number of hydrogen-bond acceptors (Lipinski definition) is 3. The van der Waals surface area contributed by atoms with Crippen molar-refractivity contribution in [2.45, 2.75) is 25.8 Å². The van der Waals surface area contributed by atoms with Gasteiger partial charge in [0.05, 0.1) is 5.92 Å². The molecule has 2 N–H and O–H groups in total. The fourth-order valence-electron chi connectivity index (χ4n) is 2.24. The molecule has 0 bridgehead atoms. The van der Waals surface area contributed by atoms with E-state index in [1.807, 2.05) is 12.1 Å². The maximum Gasteiger partial charge on any atom is 0.328 e. The Morgan fingerprint density at radius 3 is 2.68 bits per heavy atom. The molecule has 1 aliphatic rings. The summed E-state index contributed by atoms with van der Waals surface area (Å²) in [5.41, 5.74) is -0.643. The van der Waals surface area contributed by atoms with Gasteiger partial charge in [0.1, 0.15) is 5.54 Å². The van der Waals surface area contributed by atoms with Gasteiger partial charge in [0, 0.05) is 23.1 Å². The number of hydrogen-bond donors (Lipinski definition) is 2. The monoisotopic (exact) mass is 368 g/mol. The number of anilines is 1. The van der Waals surface area contributed by atoms with Gasteiger partial charge in [-0.15, -0.1) is 0 Å². The van der Waals surface area contributed by atoms with E-state index >= 15 is 0 Å². The molecule has 1 aliphatic heterocycles. The topological polar surface area (TPSA) is 86.7 Å². The van der Waals surface area contributed by atoms with E-state index in [-0.39, 0.29) is 18.9 Å². The van der Waals surface area contributed by atoms with Crippen LogP contribution in [0.3, 0.4) is 0 Å². The molecule has 1 fully saturated rings. The smallest absolute Gasteiger partial charge is 0.328 e. The van der Waals surface area contributed by atoms with Gasteiger partial charge in [0.25, 0.3) is 0 Å². The number of halogens is 1. The van der Waals surface area contributed by atoms with Crippen molar-refractivity contribution in [3.63, 3.8) is 0 Å². The van der Waals surface area contributed by atoms with Crippen LogP contribution in [-0.4, -0.2) is 35.0 Å². The van der Waals surface area contributed by atoms with Crippen molar-refractivity contribution in [1.82, 2.24) is 5.32 Å². The predicted molar refractivity (Wildman–Crippen MR) is 84.5 cm³/mol. The number of amides is 2. The summed E-state index contributed by atoms with van der Waals surface area (Å²) in [6.45, 7) is 3.07. The summed E-state index contributed by atoms with van der Waals surface area (Å²) in [6, 6.07) is 7.26. The highest BCUT2D eigenvalue weighted by Crippen LogP contribution is 2.27. The maximum atomic E-state index is 12.2. The number of nitrogens with one attached hydrogen (secondary N) is 1. The van der Waals surface area contributed by atoms with Crippen molar-refractivity contribution in [2.24, 2.45) is 5.92 Å². The molecule has 1 aromatic carbocycles. The number of carboxylic acid groups (broad SMARTS) is 1. The van der Waals surface area contributed by atoms with Gasteiger partial charge in [0.15, 0.2) is 0 Å². The summed E-state index contributed by atoms with van der Waals surface area (Å²) in [6.07, 6.45) is 0.0774. The molecule has 1 aromatic rings. The van der Waals surface area contributed by atoms with Crippen LogP contribution in [0.1, 0.15) is 20.3 Å². The summed E-state index contributed by atoms with van der Waals surface area (Å²) in [7, 11) is 0. The lowest BCUT2D eigenvalue weighted by Gasteiger charge is -2.23. The maximum absolute atomic E-state index is 12.2. The molecule has 22 heavy (non-hydrogen) atoms. The largest absolute Gasteiger partial charge is 0.480 e. The minimum absolute atomic E-state index is 0.0774. The number of carbonyl (C=O) groups excluding carboxylic acids is 2. The van der Waals surface area contributed by atoms with Crippen LogP contribution >= 0.6 is 15.9 Å². The summed E-state index contributed by atoms with van der Waals surface area (Å²) < 4.78 is 0.845. The van der Waals surface area contributed by atoms with Crippen molar-refractivity contribution < 1.29 is 19.5 Å². The number of nitrogens with zero attached hydrogens (tertiary/aromatic N) is 1. The van der Waals surface area contributed by atoms with E-state index in [1.54, 1.807) is 17.0 Å². The molecule has 0 radical (unpaired) electrons. The van der Waals surface area contributed by atoms with Gasteiger partial charge in [0.2, 0.25) is 11.8 Å². The van der Waals surface area contributed by atoms with Gasteiger partial charge < -0.3 is 15.3 Å². The molecule has 2 amide bonds. The van der Waals surface area contributed by atoms with Crippen LogP contribution in [0.15, 0.2) is 28.7 Å². The average Bonchev–Trinajstić information content (AvgIpc) is 2.80. The molecule has 1 heterocycles. The Balaban J connectivity index is 2.09. The number of carbonyl (C=O) groups is 3. The summed E-state index contributed by atoms with van der Waals surface area (Å²) in [5, 5.41) is 11.5. The second kappa shape index (κ2) is 6.08. The summed E-state index contributed by atoms with van der Waals surface area (Å²) in [5.74, 6) is -2.23. The lowest BCUT2D eigenvalue weighted by Crippen LogP contribution is -2.51. The number of carboxylic acids is 1. The van der Waals surface area contributed by atoms with E-state index in [0.717, 1.165) is 4.47 Å². The van der Waals surface area contributed by atoms with Crippen LogP contribution < -0.4 is 10.2 Å². The van der Waals surface area contributed by atoms with Crippen LogP contribution in [0.4, 0.5) is 5.69 Å². The third kappa shape index (κ3) is 3.47. The molecule has 0 spiro atoms. The third-order valence-electron chi connectivity index (χ3n) is 3.59. The Morgan fingerprint density at radius 2 is 2.09 bits per heavy atom. The van der Waals surface area contributed by atoms with E-state index in [0.29, 0.717) is 5.69 Å². The van der Waals surface area contributed by atoms with Crippen molar-refractivity contribution in [3.8, 4) is 0 Å². The lowest BCUT2D eigenvalue weighted by atomic mass is 10.0. The molecule has 7 heteroatoms.